The van der Waals surface area contributed by atoms with Crippen LogP contribution < -0.4 is 10.4 Å². The van der Waals surface area contributed by atoms with Crippen LogP contribution in [-0.4, -0.2) is 9.82 Å². The smallest absolute Gasteiger partial charge is 0.396 e. The monoisotopic (exact) mass is 234 g/mol. The van der Waals surface area contributed by atoms with Crippen molar-refractivity contribution in [1.82, 2.24) is 0 Å². The van der Waals surface area contributed by atoms with Crippen LogP contribution in [0.5, 0.6) is 5.75 Å². The van der Waals surface area contributed by atoms with Crippen molar-refractivity contribution in [3.63, 3.8) is 0 Å². The average Bonchev–Trinajstić information content (AvgIpc) is 2.18. The molecule has 1 aromatic carbocycles. The molecule has 1 atom stereocenters. The molecule has 0 saturated heterocycles. The maximum absolute atomic E-state index is 10.9. The number of para-hydroxylation sites is 2. The lowest BCUT2D eigenvalue weighted by Crippen LogP contribution is -2.03. The zero-order valence-electron chi connectivity index (χ0n) is 7.27. The van der Waals surface area contributed by atoms with Crippen molar-refractivity contribution in [1.29, 1.82) is 0 Å². The van der Waals surface area contributed by atoms with Crippen LogP contribution in [0.3, 0.4) is 0 Å². The van der Waals surface area contributed by atoms with Gasteiger partial charge in [-0.2, -0.15) is 4.62 Å². The van der Waals surface area contributed by atoms with Crippen molar-refractivity contribution in [2.45, 2.75) is 0 Å². The standard InChI is InChI=1S/C6H7N2O6P/c7-14-15(11,12)13-6-4-2-1-3-5(6)8(9)10/h1-4H,7H2,(H,11,12). The normalized spacial score (nSPS) is 14.3. The van der Waals surface area contributed by atoms with E-state index < -0.39 is 24.2 Å². The molecule has 0 amide bonds. The van der Waals surface area contributed by atoms with E-state index in [9.17, 15) is 14.7 Å². The van der Waals surface area contributed by atoms with Crippen molar-refractivity contribution < 1.29 is 23.5 Å². The Morgan fingerprint density at radius 1 is 1.47 bits per heavy atom. The van der Waals surface area contributed by atoms with Gasteiger partial charge in [0.2, 0.25) is 5.75 Å². The molecule has 0 aliphatic heterocycles. The van der Waals surface area contributed by atoms with E-state index in [1.54, 1.807) is 0 Å². The molecular weight excluding hydrogens is 227 g/mol. The van der Waals surface area contributed by atoms with Gasteiger partial charge in [-0.3, -0.25) is 15.0 Å². The predicted molar refractivity (Wildman–Crippen MR) is 48.8 cm³/mol. The van der Waals surface area contributed by atoms with Gasteiger partial charge in [0.1, 0.15) is 0 Å². The summed E-state index contributed by atoms with van der Waals surface area (Å²) in [5.74, 6) is 4.08. The van der Waals surface area contributed by atoms with Gasteiger partial charge in [-0.05, 0) is 6.07 Å². The zero-order valence-corrected chi connectivity index (χ0v) is 8.16. The Hall–Kier alpha value is -1.47. The number of hydrogen-bond acceptors (Lipinski definition) is 6. The Labute approximate surface area is 83.9 Å². The van der Waals surface area contributed by atoms with Crippen LogP contribution in [0.15, 0.2) is 24.3 Å². The van der Waals surface area contributed by atoms with E-state index in [0.29, 0.717) is 0 Å². The average molecular weight is 234 g/mol. The Balaban J connectivity index is 3.05. The number of nitrogens with two attached hydrogens (primary N) is 1. The van der Waals surface area contributed by atoms with Crippen molar-refractivity contribution in [2.24, 2.45) is 5.90 Å². The molecule has 9 heteroatoms. The number of rotatable bonds is 4. The minimum atomic E-state index is -4.49. The van der Waals surface area contributed by atoms with E-state index in [4.69, 9.17) is 4.89 Å². The molecular formula is C6H7N2O6P. The van der Waals surface area contributed by atoms with E-state index in [-0.39, 0.29) is 0 Å². The Morgan fingerprint density at radius 3 is 2.60 bits per heavy atom. The summed E-state index contributed by atoms with van der Waals surface area (Å²) in [5.41, 5.74) is -0.455. The van der Waals surface area contributed by atoms with Crippen LogP contribution in [0.2, 0.25) is 0 Å². The quantitative estimate of drug-likeness (QED) is 0.451. The molecule has 0 heterocycles. The van der Waals surface area contributed by atoms with Gasteiger partial charge in [0.15, 0.2) is 0 Å². The third-order valence-corrected chi connectivity index (χ3v) is 2.10. The summed E-state index contributed by atoms with van der Waals surface area (Å²) in [5, 5.41) is 10.5. The van der Waals surface area contributed by atoms with E-state index in [1.165, 1.54) is 12.1 Å². The molecule has 82 valence electrons. The molecule has 1 aromatic rings. The second kappa shape index (κ2) is 4.37. The van der Waals surface area contributed by atoms with Gasteiger partial charge < -0.3 is 4.52 Å². The maximum atomic E-state index is 10.9. The number of nitro groups is 1. The summed E-state index contributed by atoms with van der Waals surface area (Å²) in [7, 11) is -4.49. The zero-order chi connectivity index (χ0) is 11.5. The lowest BCUT2D eigenvalue weighted by Gasteiger charge is -2.09. The first-order valence-electron chi connectivity index (χ1n) is 3.60. The van der Waals surface area contributed by atoms with Crippen LogP contribution in [0, 0.1) is 10.1 Å². The molecule has 0 saturated carbocycles. The fourth-order valence-electron chi connectivity index (χ4n) is 0.831. The molecule has 15 heavy (non-hydrogen) atoms. The summed E-state index contributed by atoms with van der Waals surface area (Å²) in [6.07, 6.45) is 0. The second-order valence-corrected chi connectivity index (χ2v) is 3.72. The lowest BCUT2D eigenvalue weighted by atomic mass is 10.3. The summed E-state index contributed by atoms with van der Waals surface area (Å²) >= 11 is 0. The third-order valence-electron chi connectivity index (χ3n) is 1.41. The highest BCUT2D eigenvalue weighted by Gasteiger charge is 2.26. The molecule has 0 aromatic heterocycles. The van der Waals surface area contributed by atoms with E-state index in [2.05, 4.69) is 15.0 Å². The number of nitrogens with zero attached hydrogens (tertiary/aromatic N) is 1. The van der Waals surface area contributed by atoms with Gasteiger partial charge in [-0.25, -0.2) is 10.5 Å². The highest BCUT2D eigenvalue weighted by Crippen LogP contribution is 2.44. The number of benzene rings is 1. The molecule has 0 radical (unpaired) electrons. The maximum Gasteiger partial charge on any atom is 0.544 e. The van der Waals surface area contributed by atoms with Crippen molar-refractivity contribution in [2.75, 3.05) is 0 Å². The molecule has 1 rings (SSSR count). The molecule has 8 nitrogen and oxygen atoms in total. The van der Waals surface area contributed by atoms with Gasteiger partial charge in [0.25, 0.3) is 0 Å². The molecule has 0 bridgehead atoms. The molecule has 3 N–H and O–H groups in total. The van der Waals surface area contributed by atoms with Crippen LogP contribution >= 0.6 is 7.82 Å². The van der Waals surface area contributed by atoms with Crippen molar-refractivity contribution >= 4 is 13.5 Å². The SMILES string of the molecule is NOP(=O)(O)Oc1ccccc1[N+](=O)[O-]. The molecule has 1 unspecified atom stereocenters. The summed E-state index contributed by atoms with van der Waals surface area (Å²) < 4.78 is 18.9. The Kier molecular flexibility index (Phi) is 3.38. The van der Waals surface area contributed by atoms with Crippen LogP contribution in [0.25, 0.3) is 0 Å². The Bertz CT molecular complexity index is 422. The Morgan fingerprint density at radius 2 is 2.07 bits per heavy atom. The first-order valence-corrected chi connectivity index (χ1v) is 5.10. The summed E-state index contributed by atoms with van der Waals surface area (Å²) in [4.78, 5) is 18.6. The van der Waals surface area contributed by atoms with Crippen LogP contribution in [0.1, 0.15) is 0 Å². The molecule has 0 spiro atoms. The van der Waals surface area contributed by atoms with Gasteiger partial charge in [-0.15, -0.1) is 0 Å². The number of phosphoric acid groups is 1. The summed E-state index contributed by atoms with van der Waals surface area (Å²) in [6.45, 7) is 0. The molecule has 0 aliphatic rings. The topological polar surface area (TPSA) is 125 Å². The summed E-state index contributed by atoms with van der Waals surface area (Å²) in [6, 6.07) is 5.06. The van der Waals surface area contributed by atoms with E-state index in [1.807, 2.05) is 0 Å². The third kappa shape index (κ3) is 3.00. The largest absolute Gasteiger partial charge is 0.544 e. The molecule has 0 fully saturated rings. The minimum Gasteiger partial charge on any atom is -0.396 e. The number of hydrogen-bond donors (Lipinski definition) is 2. The van der Waals surface area contributed by atoms with Gasteiger partial charge >= 0.3 is 13.5 Å². The van der Waals surface area contributed by atoms with Gasteiger partial charge in [0.05, 0.1) is 4.92 Å². The van der Waals surface area contributed by atoms with Gasteiger partial charge in [-0.1, -0.05) is 12.1 Å². The highest BCUT2D eigenvalue weighted by atomic mass is 31.2. The van der Waals surface area contributed by atoms with Crippen molar-refractivity contribution in [3.8, 4) is 5.75 Å². The van der Waals surface area contributed by atoms with Crippen LogP contribution in [-0.2, 0) is 9.19 Å². The highest BCUT2D eigenvalue weighted by molar-refractivity contribution is 7.47. The van der Waals surface area contributed by atoms with E-state index >= 15 is 0 Å². The first kappa shape index (κ1) is 11.6. The van der Waals surface area contributed by atoms with Gasteiger partial charge in [0, 0.05) is 6.07 Å². The number of nitro benzene ring substituents is 1. The van der Waals surface area contributed by atoms with Crippen LogP contribution in [0.4, 0.5) is 5.69 Å². The van der Waals surface area contributed by atoms with Crippen molar-refractivity contribution in [3.05, 3.63) is 34.4 Å². The fraction of sp³-hybridized carbons (Fsp3) is 0. The second-order valence-electron chi connectivity index (χ2n) is 2.39. The minimum absolute atomic E-state index is 0.390. The first-order chi connectivity index (χ1) is 6.96. The molecule has 0 aliphatic carbocycles. The fourth-order valence-corrected chi connectivity index (χ4v) is 1.28. The predicted octanol–water partition coefficient (Wildman–Crippen LogP) is 0.964. The number of phosphoric ester groups is 1. The van der Waals surface area contributed by atoms with E-state index in [0.717, 1.165) is 12.1 Å². The lowest BCUT2D eigenvalue weighted by molar-refractivity contribution is -0.385.